The van der Waals surface area contributed by atoms with E-state index in [4.69, 9.17) is 4.74 Å². The van der Waals surface area contributed by atoms with Gasteiger partial charge in [-0.25, -0.2) is 10.2 Å². The summed E-state index contributed by atoms with van der Waals surface area (Å²) in [4.78, 5) is 24.5. The van der Waals surface area contributed by atoms with Crippen LogP contribution in [0.4, 0.5) is 0 Å². The Bertz CT molecular complexity index is 1270. The summed E-state index contributed by atoms with van der Waals surface area (Å²) < 4.78 is 6.25. The molecule has 0 aromatic heterocycles. The normalized spacial score (nSPS) is 10.9. The van der Waals surface area contributed by atoms with Crippen molar-refractivity contribution in [3.05, 3.63) is 112 Å². The number of hydrazone groups is 1. The summed E-state index contributed by atoms with van der Waals surface area (Å²) in [7, 11) is 0. The summed E-state index contributed by atoms with van der Waals surface area (Å²) in [5.74, 6) is -0.302. The number of rotatable bonds is 5. The van der Waals surface area contributed by atoms with E-state index in [2.05, 4.69) is 26.5 Å². The van der Waals surface area contributed by atoms with Crippen molar-refractivity contribution in [2.24, 2.45) is 5.10 Å². The molecule has 0 spiro atoms. The third-order valence-electron chi connectivity index (χ3n) is 4.56. The van der Waals surface area contributed by atoms with Gasteiger partial charge in [-0.3, -0.25) is 4.79 Å². The van der Waals surface area contributed by atoms with Crippen LogP contribution in [0.1, 0.15) is 26.3 Å². The Balaban J connectivity index is 1.35. The van der Waals surface area contributed by atoms with Crippen LogP contribution in [0.3, 0.4) is 0 Å². The van der Waals surface area contributed by atoms with Crippen molar-refractivity contribution in [3.63, 3.8) is 0 Å². The monoisotopic (exact) mass is 472 g/mol. The number of carbonyl (C=O) groups is 2. The van der Waals surface area contributed by atoms with Crippen LogP contribution < -0.4 is 10.2 Å². The summed E-state index contributed by atoms with van der Waals surface area (Å²) in [5, 5.41) is 6.07. The molecule has 0 atom stereocenters. The maximum absolute atomic E-state index is 12.3. The fourth-order valence-electron chi connectivity index (χ4n) is 2.93. The van der Waals surface area contributed by atoms with Gasteiger partial charge in [-0.15, -0.1) is 0 Å². The van der Waals surface area contributed by atoms with E-state index in [1.807, 2.05) is 36.4 Å². The highest BCUT2D eigenvalue weighted by Gasteiger charge is 2.08. The summed E-state index contributed by atoms with van der Waals surface area (Å²) in [5.41, 5.74) is 4.27. The van der Waals surface area contributed by atoms with Crippen LogP contribution in [0.15, 0.2) is 101 Å². The Labute approximate surface area is 187 Å². The predicted molar refractivity (Wildman–Crippen MR) is 125 cm³/mol. The molecular weight excluding hydrogens is 456 g/mol. The molecule has 6 heteroatoms. The lowest BCUT2D eigenvalue weighted by Gasteiger charge is -2.05. The topological polar surface area (TPSA) is 67.8 Å². The number of halogens is 1. The zero-order chi connectivity index (χ0) is 21.6. The molecule has 0 aliphatic heterocycles. The Hall–Kier alpha value is -3.77. The SMILES string of the molecule is O=C(N/N=C\c1ccc(OC(=O)c2ccc(Br)cc2)cc1)c1ccc2ccccc2c1. The Morgan fingerprint density at radius 3 is 2.23 bits per heavy atom. The molecular formula is C25H17BrN2O3. The van der Waals surface area contributed by atoms with E-state index < -0.39 is 5.97 Å². The number of hydrogen-bond donors (Lipinski definition) is 1. The summed E-state index contributed by atoms with van der Waals surface area (Å²) >= 11 is 3.33. The zero-order valence-corrected chi connectivity index (χ0v) is 17.9. The Kier molecular flexibility index (Phi) is 6.19. The van der Waals surface area contributed by atoms with Gasteiger partial charge in [0, 0.05) is 10.0 Å². The standard InChI is InChI=1S/C25H17BrN2O3/c26-22-11-9-19(10-12-22)25(30)31-23-13-5-17(6-14-23)16-27-28-24(29)21-8-7-18-3-1-2-4-20(18)15-21/h1-16H,(H,28,29)/b27-16-. The number of esters is 1. The lowest BCUT2D eigenvalue weighted by molar-refractivity contribution is 0.0734. The first-order valence-corrected chi connectivity index (χ1v) is 10.3. The van der Waals surface area contributed by atoms with Crippen LogP contribution in [-0.2, 0) is 0 Å². The Morgan fingerprint density at radius 1 is 0.806 bits per heavy atom. The average Bonchev–Trinajstić information content (AvgIpc) is 2.80. The van der Waals surface area contributed by atoms with E-state index in [-0.39, 0.29) is 5.91 Å². The predicted octanol–water partition coefficient (Wildman–Crippen LogP) is 5.59. The van der Waals surface area contributed by atoms with E-state index in [1.165, 1.54) is 6.21 Å². The zero-order valence-electron chi connectivity index (χ0n) is 16.3. The molecule has 0 radical (unpaired) electrons. The summed E-state index contributed by atoms with van der Waals surface area (Å²) in [6.07, 6.45) is 1.53. The number of nitrogens with one attached hydrogen (secondary N) is 1. The second-order valence-corrected chi connectivity index (χ2v) is 7.64. The van der Waals surface area contributed by atoms with E-state index in [1.54, 1.807) is 54.6 Å². The van der Waals surface area contributed by atoms with E-state index in [0.717, 1.165) is 20.8 Å². The van der Waals surface area contributed by atoms with Crippen LogP contribution in [0.25, 0.3) is 10.8 Å². The van der Waals surface area contributed by atoms with Gasteiger partial charge >= 0.3 is 5.97 Å². The van der Waals surface area contributed by atoms with Crippen molar-refractivity contribution >= 4 is 44.8 Å². The van der Waals surface area contributed by atoms with Gasteiger partial charge in [-0.05, 0) is 77.0 Å². The fraction of sp³-hybridized carbons (Fsp3) is 0. The lowest BCUT2D eigenvalue weighted by Crippen LogP contribution is -2.17. The molecule has 0 aliphatic rings. The quantitative estimate of drug-likeness (QED) is 0.178. The van der Waals surface area contributed by atoms with Crippen LogP contribution in [-0.4, -0.2) is 18.1 Å². The maximum atomic E-state index is 12.3. The molecule has 152 valence electrons. The second kappa shape index (κ2) is 9.36. The number of fused-ring (bicyclic) bond motifs is 1. The van der Waals surface area contributed by atoms with Crippen LogP contribution in [0.5, 0.6) is 5.75 Å². The van der Waals surface area contributed by atoms with Crippen LogP contribution >= 0.6 is 15.9 Å². The summed E-state index contributed by atoms with van der Waals surface area (Å²) in [6.45, 7) is 0. The number of benzene rings is 4. The highest BCUT2D eigenvalue weighted by molar-refractivity contribution is 9.10. The van der Waals surface area contributed by atoms with Crippen molar-refractivity contribution < 1.29 is 14.3 Å². The molecule has 0 heterocycles. The highest BCUT2D eigenvalue weighted by Crippen LogP contribution is 2.17. The first-order valence-electron chi connectivity index (χ1n) is 9.48. The lowest BCUT2D eigenvalue weighted by atomic mass is 10.1. The molecule has 31 heavy (non-hydrogen) atoms. The molecule has 0 fully saturated rings. The largest absolute Gasteiger partial charge is 0.423 e. The third kappa shape index (κ3) is 5.24. The first-order chi connectivity index (χ1) is 15.1. The molecule has 4 aromatic rings. The van der Waals surface area contributed by atoms with Gasteiger partial charge in [0.05, 0.1) is 11.8 Å². The van der Waals surface area contributed by atoms with Crippen LogP contribution in [0, 0.1) is 0 Å². The molecule has 5 nitrogen and oxygen atoms in total. The number of carbonyl (C=O) groups excluding carboxylic acids is 2. The van der Waals surface area contributed by atoms with Gasteiger partial charge in [0.25, 0.3) is 5.91 Å². The summed E-state index contributed by atoms with van der Waals surface area (Å²) in [6, 6.07) is 27.1. The van der Waals surface area contributed by atoms with Crippen molar-refractivity contribution in [1.82, 2.24) is 5.43 Å². The van der Waals surface area contributed by atoms with Gasteiger partial charge in [0.1, 0.15) is 5.75 Å². The van der Waals surface area contributed by atoms with Crippen molar-refractivity contribution in [1.29, 1.82) is 0 Å². The second-order valence-electron chi connectivity index (χ2n) is 6.73. The van der Waals surface area contributed by atoms with E-state index in [0.29, 0.717) is 16.9 Å². The average molecular weight is 473 g/mol. The van der Waals surface area contributed by atoms with Gasteiger partial charge in [0.2, 0.25) is 0 Å². The molecule has 0 saturated heterocycles. The smallest absolute Gasteiger partial charge is 0.343 e. The third-order valence-corrected chi connectivity index (χ3v) is 5.09. The number of hydrogen-bond acceptors (Lipinski definition) is 4. The van der Waals surface area contributed by atoms with Gasteiger partial charge in [-0.1, -0.05) is 46.3 Å². The van der Waals surface area contributed by atoms with E-state index in [9.17, 15) is 9.59 Å². The molecule has 1 N–H and O–H groups in total. The minimum atomic E-state index is -0.434. The minimum Gasteiger partial charge on any atom is -0.423 e. The Morgan fingerprint density at radius 2 is 1.48 bits per heavy atom. The number of amides is 1. The molecule has 0 bridgehead atoms. The van der Waals surface area contributed by atoms with Gasteiger partial charge in [0.15, 0.2) is 0 Å². The van der Waals surface area contributed by atoms with Crippen molar-refractivity contribution in [3.8, 4) is 5.75 Å². The highest BCUT2D eigenvalue weighted by atomic mass is 79.9. The van der Waals surface area contributed by atoms with Crippen LogP contribution in [0.2, 0.25) is 0 Å². The first kappa shape index (κ1) is 20.5. The van der Waals surface area contributed by atoms with Gasteiger partial charge in [-0.2, -0.15) is 5.10 Å². The molecule has 0 saturated carbocycles. The molecule has 1 amide bonds. The fourth-order valence-corrected chi connectivity index (χ4v) is 3.20. The maximum Gasteiger partial charge on any atom is 0.343 e. The number of nitrogens with zero attached hydrogens (tertiary/aromatic N) is 1. The molecule has 0 aliphatic carbocycles. The molecule has 4 rings (SSSR count). The number of ether oxygens (including phenoxy) is 1. The van der Waals surface area contributed by atoms with E-state index >= 15 is 0 Å². The molecule has 0 unspecified atom stereocenters. The minimum absolute atomic E-state index is 0.290. The van der Waals surface area contributed by atoms with Crippen molar-refractivity contribution in [2.45, 2.75) is 0 Å². The molecule has 4 aromatic carbocycles. The van der Waals surface area contributed by atoms with Crippen molar-refractivity contribution in [2.75, 3.05) is 0 Å². The van der Waals surface area contributed by atoms with Gasteiger partial charge < -0.3 is 4.74 Å².